The predicted molar refractivity (Wildman–Crippen MR) is 80.1 cm³/mol. The fourth-order valence-corrected chi connectivity index (χ4v) is 1.93. The molecule has 0 saturated heterocycles. The average Bonchev–Trinajstić information content (AvgIpc) is 2.93. The maximum atomic E-state index is 11.7. The third-order valence-electron chi connectivity index (χ3n) is 2.99. The number of rotatable bonds is 5. The van der Waals surface area contributed by atoms with Crippen molar-refractivity contribution in [2.75, 3.05) is 19.5 Å². The molecule has 0 aliphatic carbocycles. The maximum Gasteiger partial charge on any atom is 0.315 e. The summed E-state index contributed by atoms with van der Waals surface area (Å²) in [5.74, 6) is -0.385. The van der Waals surface area contributed by atoms with Gasteiger partial charge in [0.15, 0.2) is 0 Å². The van der Waals surface area contributed by atoms with Crippen molar-refractivity contribution in [3.63, 3.8) is 0 Å². The Morgan fingerprint density at radius 2 is 2.09 bits per heavy atom. The average molecular weight is 303 g/mol. The van der Waals surface area contributed by atoms with E-state index >= 15 is 0 Å². The Balaban J connectivity index is 2.24. The molecule has 1 heterocycles. The molecule has 0 saturated carbocycles. The number of anilines is 1. The van der Waals surface area contributed by atoms with Gasteiger partial charge in [-0.25, -0.2) is 4.98 Å². The van der Waals surface area contributed by atoms with Crippen LogP contribution in [0.15, 0.2) is 30.7 Å². The fourth-order valence-electron chi connectivity index (χ4n) is 1.93. The number of hydrogen-bond acceptors (Lipinski definition) is 5. The van der Waals surface area contributed by atoms with E-state index in [4.69, 9.17) is 4.74 Å². The number of nitrogens with one attached hydrogen (secondary N) is 1. The summed E-state index contributed by atoms with van der Waals surface area (Å²) in [6, 6.07) is 5.18. The number of aryl methyl sites for hydroxylation is 1. The first-order valence-corrected chi connectivity index (χ1v) is 6.59. The number of carbonyl (C=O) groups excluding carboxylic acids is 2. The number of methoxy groups -OCH3 is 2. The molecule has 2 rings (SSSR count). The van der Waals surface area contributed by atoms with E-state index in [9.17, 15) is 9.59 Å². The monoisotopic (exact) mass is 303 g/mol. The van der Waals surface area contributed by atoms with Gasteiger partial charge in [-0.05, 0) is 25.1 Å². The van der Waals surface area contributed by atoms with E-state index in [2.05, 4.69) is 15.0 Å². The van der Waals surface area contributed by atoms with Crippen LogP contribution in [-0.4, -0.2) is 35.6 Å². The number of hydrogen-bond donors (Lipinski definition) is 1. The van der Waals surface area contributed by atoms with E-state index < -0.39 is 11.9 Å². The number of benzene rings is 1. The van der Waals surface area contributed by atoms with Crippen molar-refractivity contribution in [3.05, 3.63) is 36.4 Å². The lowest BCUT2D eigenvalue weighted by Gasteiger charge is -2.12. The van der Waals surface area contributed by atoms with Crippen molar-refractivity contribution in [1.29, 1.82) is 0 Å². The summed E-state index contributed by atoms with van der Waals surface area (Å²) < 4.78 is 11.6. The molecule has 0 aliphatic heterocycles. The van der Waals surface area contributed by atoms with Crippen molar-refractivity contribution < 1.29 is 19.1 Å². The van der Waals surface area contributed by atoms with Crippen LogP contribution in [0.1, 0.15) is 12.1 Å². The number of esters is 1. The minimum atomic E-state index is -0.587. The summed E-state index contributed by atoms with van der Waals surface area (Å²) >= 11 is 0. The van der Waals surface area contributed by atoms with Crippen molar-refractivity contribution in [1.82, 2.24) is 9.55 Å². The van der Waals surface area contributed by atoms with Crippen LogP contribution in [0.5, 0.6) is 5.75 Å². The zero-order chi connectivity index (χ0) is 16.1. The van der Waals surface area contributed by atoms with Crippen LogP contribution in [0.3, 0.4) is 0 Å². The zero-order valence-corrected chi connectivity index (χ0v) is 12.6. The summed E-state index contributed by atoms with van der Waals surface area (Å²) in [7, 11) is 2.81. The van der Waals surface area contributed by atoms with E-state index in [1.807, 2.05) is 13.1 Å². The molecule has 0 aliphatic rings. The van der Waals surface area contributed by atoms with Gasteiger partial charge in [0.1, 0.15) is 12.2 Å². The first-order chi connectivity index (χ1) is 10.5. The lowest BCUT2D eigenvalue weighted by Crippen LogP contribution is -2.17. The summed E-state index contributed by atoms with van der Waals surface area (Å²) in [6.45, 7) is 1.88. The Kier molecular flexibility index (Phi) is 4.77. The Morgan fingerprint density at radius 3 is 2.68 bits per heavy atom. The molecule has 0 unspecified atom stereocenters. The van der Waals surface area contributed by atoms with E-state index in [0.29, 0.717) is 11.4 Å². The first-order valence-electron chi connectivity index (χ1n) is 6.59. The van der Waals surface area contributed by atoms with Gasteiger partial charge in [-0.3, -0.25) is 9.59 Å². The van der Waals surface area contributed by atoms with E-state index in [0.717, 1.165) is 11.4 Å². The highest BCUT2D eigenvalue weighted by Gasteiger charge is 2.12. The molecule has 7 heteroatoms. The zero-order valence-electron chi connectivity index (χ0n) is 12.6. The number of nitrogens with zero attached hydrogens (tertiary/aromatic N) is 2. The van der Waals surface area contributed by atoms with Crippen LogP contribution in [0, 0.1) is 6.92 Å². The number of carbonyl (C=O) groups is 2. The van der Waals surface area contributed by atoms with Crippen LogP contribution in [0.25, 0.3) is 5.69 Å². The van der Waals surface area contributed by atoms with Gasteiger partial charge in [0.25, 0.3) is 0 Å². The molecule has 0 radical (unpaired) electrons. The molecule has 116 valence electrons. The first kappa shape index (κ1) is 15.6. The lowest BCUT2D eigenvalue weighted by atomic mass is 10.2. The molecule has 22 heavy (non-hydrogen) atoms. The fraction of sp³-hybridized carbons (Fsp3) is 0.267. The summed E-state index contributed by atoms with van der Waals surface area (Å²) in [5, 5.41) is 2.65. The molecule has 1 amide bonds. The van der Waals surface area contributed by atoms with Gasteiger partial charge in [-0.1, -0.05) is 0 Å². The largest absolute Gasteiger partial charge is 0.495 e. The van der Waals surface area contributed by atoms with Gasteiger partial charge in [0.2, 0.25) is 5.91 Å². The lowest BCUT2D eigenvalue weighted by molar-refractivity contribution is -0.142. The standard InChI is InChI=1S/C15H17N3O4/c1-10-8-18(9-16-10)12-6-11(4-5-13(12)21-2)17-14(19)7-15(20)22-3/h4-6,8-9H,7H2,1-3H3,(H,17,19). The highest BCUT2D eigenvalue weighted by Crippen LogP contribution is 2.26. The Morgan fingerprint density at radius 1 is 1.32 bits per heavy atom. The number of amides is 1. The van der Waals surface area contributed by atoms with Crippen LogP contribution in [0.2, 0.25) is 0 Å². The van der Waals surface area contributed by atoms with Gasteiger partial charge in [-0.15, -0.1) is 0 Å². The summed E-state index contributed by atoms with van der Waals surface area (Å²) in [5.41, 5.74) is 2.15. The van der Waals surface area contributed by atoms with Gasteiger partial charge >= 0.3 is 5.97 Å². The van der Waals surface area contributed by atoms with Crippen LogP contribution < -0.4 is 10.1 Å². The van der Waals surface area contributed by atoms with Crippen molar-refractivity contribution in [2.45, 2.75) is 13.3 Å². The number of ether oxygens (including phenoxy) is 2. The normalized spacial score (nSPS) is 10.1. The highest BCUT2D eigenvalue weighted by atomic mass is 16.5. The number of imidazole rings is 1. The quantitative estimate of drug-likeness (QED) is 0.671. The van der Waals surface area contributed by atoms with Crippen molar-refractivity contribution in [2.24, 2.45) is 0 Å². The maximum absolute atomic E-state index is 11.7. The van der Waals surface area contributed by atoms with Gasteiger partial charge in [0, 0.05) is 11.9 Å². The molecule has 0 fully saturated rings. The highest BCUT2D eigenvalue weighted by molar-refractivity contribution is 6.02. The van der Waals surface area contributed by atoms with E-state index in [1.165, 1.54) is 7.11 Å². The molecule has 1 aromatic carbocycles. The minimum Gasteiger partial charge on any atom is -0.495 e. The third-order valence-corrected chi connectivity index (χ3v) is 2.99. The molecule has 0 bridgehead atoms. The van der Waals surface area contributed by atoms with E-state index in [-0.39, 0.29) is 6.42 Å². The molecular weight excluding hydrogens is 286 g/mol. The van der Waals surface area contributed by atoms with Crippen LogP contribution >= 0.6 is 0 Å². The second-order valence-electron chi connectivity index (χ2n) is 4.61. The van der Waals surface area contributed by atoms with Crippen LogP contribution in [0.4, 0.5) is 5.69 Å². The van der Waals surface area contributed by atoms with Gasteiger partial charge in [0.05, 0.1) is 31.9 Å². The minimum absolute atomic E-state index is 0.331. The SMILES string of the molecule is COC(=O)CC(=O)Nc1ccc(OC)c(-n2cnc(C)c2)c1. The molecule has 0 spiro atoms. The smallest absolute Gasteiger partial charge is 0.315 e. The molecule has 2 aromatic rings. The molecule has 1 N–H and O–H groups in total. The van der Waals surface area contributed by atoms with Gasteiger partial charge < -0.3 is 19.4 Å². The van der Waals surface area contributed by atoms with Crippen molar-refractivity contribution in [3.8, 4) is 11.4 Å². The topological polar surface area (TPSA) is 82.5 Å². The molecule has 0 atom stereocenters. The van der Waals surface area contributed by atoms with Crippen LogP contribution in [-0.2, 0) is 14.3 Å². The molecule has 7 nitrogen and oxygen atoms in total. The van der Waals surface area contributed by atoms with E-state index in [1.54, 1.807) is 36.2 Å². The van der Waals surface area contributed by atoms with Gasteiger partial charge in [-0.2, -0.15) is 0 Å². The second kappa shape index (κ2) is 6.75. The van der Waals surface area contributed by atoms with Crippen molar-refractivity contribution >= 4 is 17.6 Å². The number of aromatic nitrogens is 2. The Labute approximate surface area is 127 Å². The second-order valence-corrected chi connectivity index (χ2v) is 4.61. The Bertz CT molecular complexity index is 694. The summed E-state index contributed by atoms with van der Waals surface area (Å²) in [4.78, 5) is 27.0. The molecular formula is C15H17N3O4. The molecule has 1 aromatic heterocycles. The predicted octanol–water partition coefficient (Wildman–Crippen LogP) is 1.69. The summed E-state index contributed by atoms with van der Waals surface area (Å²) in [6.07, 6.45) is 3.17. The Hall–Kier alpha value is -2.83. The third kappa shape index (κ3) is 3.63.